The van der Waals surface area contributed by atoms with Gasteiger partial charge in [-0.3, -0.25) is 0 Å². The Kier molecular flexibility index (Phi) is 6.60. The summed E-state index contributed by atoms with van der Waals surface area (Å²) in [6, 6.07) is 8.23. The van der Waals surface area contributed by atoms with Crippen molar-refractivity contribution >= 4 is 28.3 Å². The Morgan fingerprint density at radius 1 is 1.19 bits per heavy atom. The van der Waals surface area contributed by atoms with Gasteiger partial charge in [0.25, 0.3) is 0 Å². The first kappa shape index (κ1) is 18.4. The van der Waals surface area contributed by atoms with Gasteiger partial charge in [0.05, 0.1) is 23.9 Å². The van der Waals surface area contributed by atoms with Gasteiger partial charge in [0, 0.05) is 30.7 Å². The summed E-state index contributed by atoms with van der Waals surface area (Å²) in [7, 11) is 0. The van der Waals surface area contributed by atoms with E-state index in [1.165, 1.54) is 10.4 Å². The molecule has 0 bridgehead atoms. The van der Waals surface area contributed by atoms with Crippen LogP contribution in [0.25, 0.3) is 11.0 Å². The van der Waals surface area contributed by atoms with Crippen molar-refractivity contribution in [3.63, 3.8) is 0 Å². The summed E-state index contributed by atoms with van der Waals surface area (Å²) in [6.07, 6.45) is 5.90. The highest BCUT2D eigenvalue weighted by molar-refractivity contribution is 7.11. The second kappa shape index (κ2) is 9.33. The van der Waals surface area contributed by atoms with Crippen LogP contribution in [-0.4, -0.2) is 33.6 Å². The molecule has 0 aliphatic heterocycles. The molecule has 6 nitrogen and oxygen atoms in total. The van der Waals surface area contributed by atoms with Crippen molar-refractivity contribution in [3.8, 4) is 0 Å². The van der Waals surface area contributed by atoms with Gasteiger partial charge in [0.1, 0.15) is 5.01 Å². The lowest BCUT2D eigenvalue weighted by molar-refractivity contribution is 0.637. The third-order valence-corrected chi connectivity index (χ3v) is 5.19. The lowest BCUT2D eigenvalue weighted by Gasteiger charge is -2.11. The van der Waals surface area contributed by atoms with E-state index in [1.807, 2.05) is 24.7 Å². The van der Waals surface area contributed by atoms with Gasteiger partial charge in [-0.15, -0.1) is 11.3 Å². The smallest absolute Gasteiger partial charge is 0.191 e. The van der Waals surface area contributed by atoms with E-state index in [0.29, 0.717) is 6.54 Å². The van der Waals surface area contributed by atoms with Crippen LogP contribution in [0, 0.1) is 0 Å². The number of hydrogen-bond donors (Lipinski definition) is 2. The number of aryl methyl sites for hydroxylation is 2. The minimum atomic E-state index is 0.617. The van der Waals surface area contributed by atoms with Crippen LogP contribution in [0.5, 0.6) is 0 Å². The Morgan fingerprint density at radius 2 is 2.08 bits per heavy atom. The Hall–Kier alpha value is -2.41. The van der Waals surface area contributed by atoms with Gasteiger partial charge in [-0.25, -0.2) is 15.0 Å². The molecule has 0 saturated carbocycles. The minimum Gasteiger partial charge on any atom is -0.357 e. The first-order valence-electron chi connectivity index (χ1n) is 9.15. The van der Waals surface area contributed by atoms with Crippen LogP contribution in [0.15, 0.2) is 41.8 Å². The average molecular weight is 371 g/mol. The van der Waals surface area contributed by atoms with Crippen LogP contribution in [0.1, 0.15) is 30.2 Å². The summed E-state index contributed by atoms with van der Waals surface area (Å²) in [6.45, 7) is 7.47. The second-order valence-electron chi connectivity index (χ2n) is 5.98. The number of nitrogens with one attached hydrogen (secondary N) is 2. The molecule has 0 saturated heterocycles. The molecule has 0 spiro atoms. The minimum absolute atomic E-state index is 0.617. The molecule has 138 valence electrons. The van der Waals surface area contributed by atoms with Crippen molar-refractivity contribution in [1.82, 2.24) is 25.2 Å². The van der Waals surface area contributed by atoms with Gasteiger partial charge in [-0.2, -0.15) is 0 Å². The third kappa shape index (κ3) is 4.82. The van der Waals surface area contributed by atoms with Crippen LogP contribution in [0.2, 0.25) is 0 Å². The van der Waals surface area contributed by atoms with Gasteiger partial charge in [-0.05, 0) is 31.9 Å². The maximum Gasteiger partial charge on any atom is 0.191 e. The van der Waals surface area contributed by atoms with Gasteiger partial charge < -0.3 is 15.2 Å². The molecule has 0 aliphatic rings. The Morgan fingerprint density at radius 3 is 2.88 bits per heavy atom. The van der Waals surface area contributed by atoms with Crippen LogP contribution in [-0.2, 0) is 19.5 Å². The number of aromatic nitrogens is 3. The van der Waals surface area contributed by atoms with Gasteiger partial charge in [0.2, 0.25) is 0 Å². The molecule has 0 atom stereocenters. The monoisotopic (exact) mass is 370 g/mol. The van der Waals surface area contributed by atoms with E-state index in [0.717, 1.165) is 49.0 Å². The molecule has 1 aromatic carbocycles. The summed E-state index contributed by atoms with van der Waals surface area (Å²) >= 11 is 1.74. The Bertz CT molecular complexity index is 850. The first-order valence-corrected chi connectivity index (χ1v) is 9.97. The number of benzene rings is 1. The van der Waals surface area contributed by atoms with Crippen LogP contribution < -0.4 is 10.6 Å². The summed E-state index contributed by atoms with van der Waals surface area (Å²) in [5, 5.41) is 7.76. The molecule has 2 aromatic heterocycles. The highest BCUT2D eigenvalue weighted by Gasteiger charge is 2.03. The Labute approximate surface area is 158 Å². The molecule has 26 heavy (non-hydrogen) atoms. The first-order chi connectivity index (χ1) is 12.8. The lowest BCUT2D eigenvalue weighted by Crippen LogP contribution is -2.38. The van der Waals surface area contributed by atoms with Crippen molar-refractivity contribution in [2.45, 2.75) is 39.8 Å². The van der Waals surface area contributed by atoms with Crippen molar-refractivity contribution in [3.05, 3.63) is 46.7 Å². The highest BCUT2D eigenvalue weighted by atomic mass is 32.1. The second-order valence-corrected chi connectivity index (χ2v) is 7.18. The quantitative estimate of drug-likeness (QED) is 0.363. The molecule has 0 aliphatic carbocycles. The van der Waals surface area contributed by atoms with Crippen molar-refractivity contribution < 1.29 is 0 Å². The fraction of sp³-hybridized carbons (Fsp3) is 0.421. The van der Waals surface area contributed by atoms with Crippen LogP contribution >= 0.6 is 11.3 Å². The molecule has 0 amide bonds. The predicted octanol–water partition coefficient (Wildman–Crippen LogP) is 3.20. The summed E-state index contributed by atoms with van der Waals surface area (Å²) in [5.41, 5.74) is 2.23. The maximum absolute atomic E-state index is 4.64. The molecule has 2 N–H and O–H groups in total. The number of guanidine groups is 1. The van der Waals surface area contributed by atoms with Crippen molar-refractivity contribution in [1.29, 1.82) is 0 Å². The van der Waals surface area contributed by atoms with Crippen LogP contribution in [0.4, 0.5) is 0 Å². The lowest BCUT2D eigenvalue weighted by atomic mass is 10.3. The van der Waals surface area contributed by atoms with E-state index < -0.39 is 0 Å². The Balaban J connectivity index is 1.49. The fourth-order valence-corrected chi connectivity index (χ4v) is 3.50. The van der Waals surface area contributed by atoms with E-state index in [9.17, 15) is 0 Å². The number of para-hydroxylation sites is 2. The van der Waals surface area contributed by atoms with Gasteiger partial charge in [0.15, 0.2) is 5.96 Å². The van der Waals surface area contributed by atoms with Crippen LogP contribution in [0.3, 0.4) is 0 Å². The van der Waals surface area contributed by atoms with E-state index in [4.69, 9.17) is 0 Å². The van der Waals surface area contributed by atoms with E-state index in [2.05, 4.69) is 56.1 Å². The van der Waals surface area contributed by atoms with E-state index in [1.54, 1.807) is 11.3 Å². The maximum atomic E-state index is 4.64. The number of hydrogen-bond acceptors (Lipinski definition) is 4. The number of fused-ring (bicyclic) bond motifs is 1. The largest absolute Gasteiger partial charge is 0.357 e. The molecule has 0 fully saturated rings. The number of nitrogens with zero attached hydrogens (tertiary/aromatic N) is 4. The molecular formula is C19H26N6S. The molecule has 3 rings (SSSR count). The number of thiazole rings is 1. The van der Waals surface area contributed by atoms with E-state index >= 15 is 0 Å². The predicted molar refractivity (Wildman–Crippen MR) is 109 cm³/mol. The molecule has 2 heterocycles. The SMILES string of the molecule is CCNC(=NCc1ncc(CC)s1)NCCCn1cnc2ccccc21. The molecule has 7 heteroatoms. The molecular weight excluding hydrogens is 344 g/mol. The molecule has 0 radical (unpaired) electrons. The zero-order valence-corrected chi connectivity index (χ0v) is 16.2. The zero-order chi connectivity index (χ0) is 18.2. The standard InChI is InChI=1S/C19H26N6S/c1-3-15-12-22-18(26-15)13-23-19(20-4-2)21-10-7-11-25-14-24-16-8-5-6-9-17(16)25/h5-6,8-9,12,14H,3-4,7,10-11,13H2,1-2H3,(H2,20,21,23). The summed E-state index contributed by atoms with van der Waals surface area (Å²) in [5.74, 6) is 0.844. The third-order valence-electron chi connectivity index (χ3n) is 4.06. The number of aliphatic imine (C=N–C) groups is 1. The molecule has 3 aromatic rings. The van der Waals surface area contributed by atoms with Crippen molar-refractivity contribution in [2.24, 2.45) is 4.99 Å². The van der Waals surface area contributed by atoms with E-state index in [-0.39, 0.29) is 0 Å². The fourth-order valence-electron chi connectivity index (χ4n) is 2.72. The van der Waals surface area contributed by atoms with Gasteiger partial charge in [-0.1, -0.05) is 19.1 Å². The summed E-state index contributed by atoms with van der Waals surface area (Å²) < 4.78 is 2.20. The molecule has 0 unspecified atom stereocenters. The normalized spacial score (nSPS) is 11.8. The zero-order valence-electron chi connectivity index (χ0n) is 15.4. The average Bonchev–Trinajstić information content (AvgIpc) is 3.30. The number of imidazole rings is 1. The van der Waals surface area contributed by atoms with Crippen molar-refractivity contribution in [2.75, 3.05) is 13.1 Å². The topological polar surface area (TPSA) is 67.1 Å². The number of rotatable bonds is 8. The van der Waals surface area contributed by atoms with Gasteiger partial charge >= 0.3 is 0 Å². The summed E-state index contributed by atoms with van der Waals surface area (Å²) in [4.78, 5) is 14.8. The highest BCUT2D eigenvalue weighted by Crippen LogP contribution is 2.14.